The molecule has 0 atom stereocenters. The maximum Gasteiger partial charge on any atom is 0.344 e. The minimum Gasteiger partial charge on any atom is -0.507 e. The van der Waals surface area contributed by atoms with Gasteiger partial charge in [0.15, 0.2) is 0 Å². The topological polar surface area (TPSA) is 147 Å². The first-order valence-corrected chi connectivity index (χ1v) is 14.8. The number of H-pyrrole nitrogens is 1. The Kier molecular flexibility index (Phi) is 8.81. The molecule has 6 aromatic rings. The van der Waals surface area contributed by atoms with Crippen molar-refractivity contribution in [1.29, 1.82) is 0 Å². The average molecular weight is 656 g/mol. The van der Waals surface area contributed by atoms with Crippen molar-refractivity contribution < 1.29 is 33.3 Å². The molecule has 0 aliphatic carbocycles. The third-order valence-electron chi connectivity index (χ3n) is 7.41. The van der Waals surface area contributed by atoms with Gasteiger partial charge in [0, 0.05) is 35.2 Å². The van der Waals surface area contributed by atoms with E-state index >= 15 is 0 Å². The Morgan fingerprint density at radius 2 is 1.74 bits per heavy atom. The number of aromatic nitrogens is 2. The SMILES string of the molecule is COc1ccc(-c2c(-c3cc(Cl)c(O)cc3O)n[nH]c2C(=O)NCCCOc2ccc3cc(-c4cccc(F)c4)c(=O)oc3c2)cc1. The van der Waals surface area contributed by atoms with E-state index in [4.69, 9.17) is 25.5 Å². The number of halogens is 2. The van der Waals surface area contributed by atoms with Gasteiger partial charge in [0.05, 0.1) is 24.3 Å². The summed E-state index contributed by atoms with van der Waals surface area (Å²) >= 11 is 6.12. The minimum atomic E-state index is -0.595. The maximum absolute atomic E-state index is 13.7. The van der Waals surface area contributed by atoms with E-state index in [1.807, 2.05) is 0 Å². The Balaban J connectivity index is 1.14. The Hall–Kier alpha value is -5.81. The summed E-state index contributed by atoms with van der Waals surface area (Å²) in [4.78, 5) is 25.9. The molecule has 0 radical (unpaired) electrons. The van der Waals surface area contributed by atoms with Crippen LogP contribution in [0, 0.1) is 5.82 Å². The maximum atomic E-state index is 13.7. The monoisotopic (exact) mass is 655 g/mol. The second-order valence-electron chi connectivity index (χ2n) is 10.5. The van der Waals surface area contributed by atoms with Crippen LogP contribution in [0.15, 0.2) is 94.1 Å². The van der Waals surface area contributed by atoms with Crippen LogP contribution < -0.4 is 20.4 Å². The third kappa shape index (κ3) is 6.61. The van der Waals surface area contributed by atoms with Crippen LogP contribution in [-0.4, -0.2) is 46.6 Å². The summed E-state index contributed by atoms with van der Waals surface area (Å²) in [6, 6.07) is 21.9. The molecule has 0 saturated heterocycles. The Bertz CT molecular complexity index is 2160. The van der Waals surface area contributed by atoms with Crippen LogP contribution in [0.4, 0.5) is 4.39 Å². The normalized spacial score (nSPS) is 11.0. The summed E-state index contributed by atoms with van der Waals surface area (Å²) in [5.74, 6) is -0.371. The zero-order valence-electron chi connectivity index (χ0n) is 24.8. The van der Waals surface area contributed by atoms with Crippen molar-refractivity contribution in [2.45, 2.75) is 6.42 Å². The van der Waals surface area contributed by atoms with Crippen molar-refractivity contribution in [3.63, 3.8) is 0 Å². The molecule has 6 rings (SSSR count). The molecule has 0 aliphatic heterocycles. The molecule has 0 bridgehead atoms. The molecule has 0 unspecified atom stereocenters. The fraction of sp³-hybridized carbons (Fsp3) is 0.114. The molecule has 4 aromatic carbocycles. The highest BCUT2D eigenvalue weighted by Gasteiger charge is 2.24. The van der Waals surface area contributed by atoms with Gasteiger partial charge in [-0.15, -0.1) is 0 Å². The number of nitrogens with one attached hydrogen (secondary N) is 2. The van der Waals surface area contributed by atoms with Gasteiger partial charge >= 0.3 is 5.63 Å². The van der Waals surface area contributed by atoms with E-state index in [1.54, 1.807) is 61.7 Å². The Labute approximate surface area is 272 Å². The molecule has 0 fully saturated rings. The number of fused-ring (bicyclic) bond motifs is 1. The molecule has 47 heavy (non-hydrogen) atoms. The van der Waals surface area contributed by atoms with Crippen molar-refractivity contribution >= 4 is 28.5 Å². The molecule has 0 spiro atoms. The summed E-state index contributed by atoms with van der Waals surface area (Å²) in [5, 5.41) is 31.1. The molecule has 4 N–H and O–H groups in total. The number of carbonyl (C=O) groups is 1. The minimum absolute atomic E-state index is 0.00894. The number of carbonyl (C=O) groups excluding carboxylic acids is 1. The number of benzene rings is 4. The molecule has 1 amide bonds. The lowest BCUT2D eigenvalue weighted by atomic mass is 9.97. The van der Waals surface area contributed by atoms with Crippen molar-refractivity contribution in [1.82, 2.24) is 15.5 Å². The lowest BCUT2D eigenvalue weighted by Crippen LogP contribution is -2.26. The summed E-state index contributed by atoms with van der Waals surface area (Å²) < 4.78 is 30.2. The molecule has 238 valence electrons. The van der Waals surface area contributed by atoms with E-state index in [1.165, 1.54) is 24.3 Å². The number of methoxy groups -OCH3 is 1. The predicted octanol–water partition coefficient (Wildman–Crippen LogP) is 6.93. The highest BCUT2D eigenvalue weighted by atomic mass is 35.5. The van der Waals surface area contributed by atoms with Crippen LogP contribution in [0.3, 0.4) is 0 Å². The number of aromatic amines is 1. The van der Waals surface area contributed by atoms with E-state index in [-0.39, 0.29) is 52.2 Å². The number of phenolic OH excluding ortho intramolecular Hbond substituents is 2. The van der Waals surface area contributed by atoms with Gasteiger partial charge in [-0.1, -0.05) is 35.9 Å². The van der Waals surface area contributed by atoms with Crippen LogP contribution in [0.2, 0.25) is 5.02 Å². The fourth-order valence-electron chi connectivity index (χ4n) is 5.07. The van der Waals surface area contributed by atoms with Crippen LogP contribution >= 0.6 is 11.6 Å². The van der Waals surface area contributed by atoms with Gasteiger partial charge in [-0.2, -0.15) is 5.10 Å². The molecule has 12 heteroatoms. The predicted molar refractivity (Wildman–Crippen MR) is 175 cm³/mol. The summed E-state index contributed by atoms with van der Waals surface area (Å²) in [5.41, 5.74) is 2.07. The number of rotatable bonds is 10. The van der Waals surface area contributed by atoms with Gasteiger partial charge in [0.2, 0.25) is 0 Å². The number of ether oxygens (including phenoxy) is 2. The molecule has 2 heterocycles. The van der Waals surface area contributed by atoms with Crippen molar-refractivity contribution in [3.05, 3.63) is 112 Å². The zero-order chi connectivity index (χ0) is 33.1. The third-order valence-corrected chi connectivity index (χ3v) is 7.71. The smallest absolute Gasteiger partial charge is 0.344 e. The second kappa shape index (κ2) is 13.3. The largest absolute Gasteiger partial charge is 0.507 e. The molecular weight excluding hydrogens is 629 g/mol. The van der Waals surface area contributed by atoms with Crippen LogP contribution in [-0.2, 0) is 0 Å². The summed E-state index contributed by atoms with van der Waals surface area (Å²) in [7, 11) is 1.54. The number of phenols is 2. The molecule has 2 aromatic heterocycles. The Morgan fingerprint density at radius 1 is 0.957 bits per heavy atom. The van der Waals surface area contributed by atoms with Crippen molar-refractivity contribution in [2.24, 2.45) is 0 Å². The Morgan fingerprint density at radius 3 is 2.51 bits per heavy atom. The lowest BCUT2D eigenvalue weighted by molar-refractivity contribution is 0.0947. The summed E-state index contributed by atoms with van der Waals surface area (Å²) in [6.07, 6.45) is 0.444. The number of hydrogen-bond donors (Lipinski definition) is 4. The van der Waals surface area contributed by atoms with E-state index in [0.29, 0.717) is 45.6 Å². The second-order valence-corrected chi connectivity index (χ2v) is 10.9. The van der Waals surface area contributed by atoms with Crippen LogP contribution in [0.25, 0.3) is 44.5 Å². The van der Waals surface area contributed by atoms with Crippen molar-refractivity contribution in [3.8, 4) is 56.5 Å². The fourth-order valence-corrected chi connectivity index (χ4v) is 5.24. The summed E-state index contributed by atoms with van der Waals surface area (Å²) in [6.45, 7) is 0.502. The number of amides is 1. The first-order valence-electron chi connectivity index (χ1n) is 14.4. The molecule has 10 nitrogen and oxygen atoms in total. The van der Waals surface area contributed by atoms with E-state index < -0.39 is 17.3 Å². The molecule has 0 aliphatic rings. The number of hydrogen-bond acceptors (Lipinski definition) is 8. The highest BCUT2D eigenvalue weighted by molar-refractivity contribution is 6.32. The molecular formula is C35H27ClFN3O7. The highest BCUT2D eigenvalue weighted by Crippen LogP contribution is 2.41. The quantitative estimate of drug-likeness (QED) is 0.0918. The van der Waals surface area contributed by atoms with Gasteiger partial charge < -0.3 is 29.4 Å². The number of nitrogens with zero attached hydrogens (tertiary/aromatic N) is 1. The van der Waals surface area contributed by atoms with Crippen LogP contribution in [0.1, 0.15) is 16.9 Å². The van der Waals surface area contributed by atoms with Gasteiger partial charge in [0.25, 0.3) is 5.91 Å². The van der Waals surface area contributed by atoms with Gasteiger partial charge in [-0.05, 0) is 66.1 Å². The van der Waals surface area contributed by atoms with Crippen LogP contribution in [0.5, 0.6) is 23.0 Å². The average Bonchev–Trinajstić information content (AvgIpc) is 3.51. The first-order chi connectivity index (χ1) is 22.7. The standard InChI is InChI=1S/C35H27ClFN3O7/c1-45-23-9-6-19(7-10-23)31-32(26-17-27(36)29(42)18-28(26)41)39-40-33(31)34(43)38-12-3-13-46-24-11-8-21-15-25(35(44)47-30(21)16-24)20-4-2-5-22(37)14-20/h2,4-11,14-18,41-42H,3,12-13H2,1H3,(H,38,43)(H,39,40). The van der Waals surface area contributed by atoms with Gasteiger partial charge in [-0.3, -0.25) is 9.89 Å². The van der Waals surface area contributed by atoms with E-state index in [2.05, 4.69) is 15.5 Å². The van der Waals surface area contributed by atoms with Crippen molar-refractivity contribution in [2.75, 3.05) is 20.3 Å². The van der Waals surface area contributed by atoms with Gasteiger partial charge in [-0.25, -0.2) is 9.18 Å². The zero-order valence-corrected chi connectivity index (χ0v) is 25.6. The lowest BCUT2D eigenvalue weighted by Gasteiger charge is -2.11. The first kappa shape index (κ1) is 31.2. The van der Waals surface area contributed by atoms with E-state index in [0.717, 1.165) is 6.07 Å². The number of aromatic hydroxyl groups is 2. The molecule has 0 saturated carbocycles. The van der Waals surface area contributed by atoms with E-state index in [9.17, 15) is 24.2 Å². The van der Waals surface area contributed by atoms with Gasteiger partial charge in [0.1, 0.15) is 45.8 Å².